The maximum Gasteiger partial charge on any atom is 0.425 e. The third-order valence-electron chi connectivity index (χ3n) is 1.82. The molecule has 124 valence electrons. The third-order valence-corrected chi connectivity index (χ3v) is 2.83. The zero-order valence-corrected chi connectivity index (χ0v) is 10.6. The second-order valence-electron chi connectivity index (χ2n) is 3.05. The van der Waals surface area contributed by atoms with Crippen molar-refractivity contribution in [1.82, 2.24) is 0 Å². The number of ether oxygens (including phenoxy) is 2. The number of halogens is 6. The number of carbonyl (C=O) groups is 2. The molecule has 7 nitrogen and oxygen atoms in total. The highest BCUT2D eigenvalue weighted by Crippen LogP contribution is 2.53. The molecule has 0 aromatic rings. The maximum absolute atomic E-state index is 12.7. The van der Waals surface area contributed by atoms with Crippen molar-refractivity contribution in [2.24, 2.45) is 0 Å². The van der Waals surface area contributed by atoms with Gasteiger partial charge in [-0.25, -0.2) is 14.8 Å². The summed E-state index contributed by atoms with van der Waals surface area (Å²) < 4.78 is 81.4. The van der Waals surface area contributed by atoms with E-state index in [2.05, 4.69) is 18.8 Å². The molecular formula is C7H6F6O7S. The molecule has 0 aliphatic carbocycles. The number of alkyl halides is 6. The predicted molar refractivity (Wildman–Crippen MR) is 50.2 cm³/mol. The minimum atomic E-state index is -6.25. The van der Waals surface area contributed by atoms with Crippen molar-refractivity contribution in [3.63, 3.8) is 0 Å². The number of hydrogen-bond donors (Lipinski definition) is 1. The summed E-state index contributed by atoms with van der Waals surface area (Å²) in [5.74, 6) is -4.30. The largest absolute Gasteiger partial charge is 0.466 e. The fraction of sp³-hybridized carbons (Fsp3) is 0.714. The summed E-state index contributed by atoms with van der Waals surface area (Å²) >= 11 is -1.60. The van der Waals surface area contributed by atoms with Crippen LogP contribution >= 0.6 is 12.0 Å². The van der Waals surface area contributed by atoms with Gasteiger partial charge in [-0.3, -0.25) is 0 Å². The Bertz CT molecular complexity index is 367. The Morgan fingerprint density at radius 2 is 1.57 bits per heavy atom. The van der Waals surface area contributed by atoms with Crippen LogP contribution in [0.5, 0.6) is 0 Å². The first kappa shape index (κ1) is 19.8. The third kappa shape index (κ3) is 4.36. The Balaban J connectivity index is 5.55. The lowest BCUT2D eigenvalue weighted by Gasteiger charge is -2.32. The monoisotopic (exact) mass is 348 g/mol. The molecule has 0 aromatic carbocycles. The van der Waals surface area contributed by atoms with Crippen molar-refractivity contribution in [1.29, 1.82) is 0 Å². The first-order valence-electron chi connectivity index (χ1n) is 4.47. The Morgan fingerprint density at radius 3 is 1.90 bits per heavy atom. The molecular weight excluding hydrogens is 342 g/mol. The first-order chi connectivity index (χ1) is 9.44. The van der Waals surface area contributed by atoms with E-state index in [-0.39, 0.29) is 0 Å². The van der Waals surface area contributed by atoms with Gasteiger partial charge in [-0.2, -0.15) is 26.3 Å². The second-order valence-corrected chi connectivity index (χ2v) is 3.97. The molecule has 1 N–H and O–H groups in total. The molecule has 0 aromatic heterocycles. The van der Waals surface area contributed by atoms with Gasteiger partial charge in [0, 0.05) is 0 Å². The highest BCUT2D eigenvalue weighted by atomic mass is 32.2. The van der Waals surface area contributed by atoms with Crippen LogP contribution in [-0.2, 0) is 28.4 Å². The second kappa shape index (κ2) is 7.15. The quantitative estimate of drug-likeness (QED) is 0.255. The van der Waals surface area contributed by atoms with Crippen molar-refractivity contribution >= 4 is 24.0 Å². The Kier molecular flexibility index (Phi) is 6.72. The van der Waals surface area contributed by atoms with Gasteiger partial charge in [-0.05, 0) is 0 Å². The van der Waals surface area contributed by atoms with Gasteiger partial charge in [-0.15, -0.1) is 4.33 Å². The molecule has 0 amide bonds. The van der Waals surface area contributed by atoms with Crippen LogP contribution in [0.3, 0.4) is 0 Å². The highest BCUT2D eigenvalue weighted by molar-refractivity contribution is 7.96. The number of hydrogen-bond acceptors (Lipinski definition) is 8. The van der Waals surface area contributed by atoms with Crippen LogP contribution in [0, 0.1) is 0 Å². The fourth-order valence-corrected chi connectivity index (χ4v) is 1.32. The van der Waals surface area contributed by atoms with Crippen LogP contribution in [0.2, 0.25) is 0 Å². The van der Waals surface area contributed by atoms with Gasteiger partial charge in [0.05, 0.1) is 19.2 Å². The lowest BCUT2D eigenvalue weighted by atomic mass is 10.1. The molecule has 0 heterocycles. The summed E-state index contributed by atoms with van der Waals surface area (Å²) in [6.45, 7) is -1.50. The van der Waals surface area contributed by atoms with Gasteiger partial charge in [0.2, 0.25) is 0 Å². The van der Waals surface area contributed by atoms with Crippen molar-refractivity contribution < 1.29 is 60.0 Å². The van der Waals surface area contributed by atoms with E-state index >= 15 is 0 Å². The smallest absolute Gasteiger partial charge is 0.425 e. The standard InChI is InChI=1S/C7H6F6O7S/c1-17-3(14)2-18-4(15)5(6(8,9)10,7(11,12)13)21-20-19-16/h16H,2H2,1H3. The molecule has 0 unspecified atom stereocenters. The SMILES string of the molecule is COC(=O)COC(=O)C(SOOO)(C(F)(F)F)C(F)(F)F. The molecule has 0 fully saturated rings. The molecule has 0 radical (unpaired) electrons. The summed E-state index contributed by atoms with van der Waals surface area (Å²) in [6.07, 6.45) is -12.5. The summed E-state index contributed by atoms with van der Waals surface area (Å²) in [6, 6.07) is 0. The summed E-state index contributed by atoms with van der Waals surface area (Å²) in [5, 5.41) is 10.3. The van der Waals surface area contributed by atoms with Crippen LogP contribution in [0.1, 0.15) is 0 Å². The zero-order valence-electron chi connectivity index (χ0n) is 9.78. The van der Waals surface area contributed by atoms with Gasteiger partial charge in [-0.1, -0.05) is 5.04 Å². The molecule has 0 rings (SSSR count). The summed E-state index contributed by atoms with van der Waals surface area (Å²) in [5.41, 5.74) is 0. The molecule has 0 saturated heterocycles. The van der Waals surface area contributed by atoms with Gasteiger partial charge in [0.1, 0.15) is 0 Å². The summed E-state index contributed by atoms with van der Waals surface area (Å²) in [4.78, 5) is 21.8. The molecule has 14 heteroatoms. The number of carbonyl (C=O) groups excluding carboxylic acids is 2. The van der Waals surface area contributed by atoms with E-state index < -0.39 is 47.7 Å². The van der Waals surface area contributed by atoms with Crippen molar-refractivity contribution in [2.75, 3.05) is 13.7 Å². The van der Waals surface area contributed by atoms with E-state index in [9.17, 15) is 35.9 Å². The Hall–Kier alpha value is -1.25. The predicted octanol–water partition coefficient (Wildman–Crippen LogP) is 1.64. The maximum atomic E-state index is 12.7. The van der Waals surface area contributed by atoms with Crippen LogP contribution in [0.25, 0.3) is 0 Å². The Labute approximate surface area is 116 Å². The number of methoxy groups -OCH3 is 1. The van der Waals surface area contributed by atoms with Crippen LogP contribution in [-0.4, -0.2) is 48.0 Å². The van der Waals surface area contributed by atoms with Gasteiger partial charge >= 0.3 is 29.0 Å². The molecule has 0 aliphatic rings. The molecule has 0 atom stereocenters. The van der Waals surface area contributed by atoms with Crippen LogP contribution < -0.4 is 0 Å². The number of esters is 2. The van der Waals surface area contributed by atoms with E-state index in [1.54, 1.807) is 0 Å². The molecule has 21 heavy (non-hydrogen) atoms. The highest BCUT2D eigenvalue weighted by Gasteiger charge is 2.79. The van der Waals surface area contributed by atoms with E-state index in [4.69, 9.17) is 5.26 Å². The summed E-state index contributed by atoms with van der Waals surface area (Å²) in [7, 11) is 0.758. The van der Waals surface area contributed by atoms with E-state index in [1.165, 1.54) is 0 Å². The lowest BCUT2D eigenvalue weighted by Crippen LogP contribution is -2.60. The lowest BCUT2D eigenvalue weighted by molar-refractivity contribution is -0.434. The normalized spacial score (nSPS) is 13.0. The van der Waals surface area contributed by atoms with Crippen LogP contribution in [0.4, 0.5) is 26.3 Å². The Morgan fingerprint density at radius 1 is 1.10 bits per heavy atom. The average Bonchev–Trinajstić information content (AvgIpc) is 2.33. The minimum absolute atomic E-state index is 0.758. The molecule has 0 spiro atoms. The number of rotatable bonds is 6. The van der Waals surface area contributed by atoms with E-state index in [0.717, 1.165) is 7.11 Å². The topological polar surface area (TPSA) is 91.3 Å². The van der Waals surface area contributed by atoms with Crippen LogP contribution in [0.15, 0.2) is 0 Å². The zero-order chi connectivity index (χ0) is 16.9. The van der Waals surface area contributed by atoms with Gasteiger partial charge < -0.3 is 9.47 Å². The van der Waals surface area contributed by atoms with E-state index in [1.807, 2.05) is 0 Å². The van der Waals surface area contributed by atoms with Crippen molar-refractivity contribution in [3.8, 4) is 0 Å². The molecule has 0 saturated carbocycles. The van der Waals surface area contributed by atoms with Crippen molar-refractivity contribution in [3.05, 3.63) is 0 Å². The first-order valence-corrected chi connectivity index (χ1v) is 5.21. The molecule has 0 bridgehead atoms. The minimum Gasteiger partial charge on any atom is -0.466 e. The fourth-order valence-electron chi connectivity index (χ4n) is 0.872. The molecule has 0 aliphatic heterocycles. The van der Waals surface area contributed by atoms with Gasteiger partial charge in [0.15, 0.2) is 6.61 Å². The van der Waals surface area contributed by atoms with Gasteiger partial charge in [0.25, 0.3) is 0 Å². The average molecular weight is 348 g/mol. The van der Waals surface area contributed by atoms with Crippen molar-refractivity contribution in [2.45, 2.75) is 17.1 Å². The van der Waals surface area contributed by atoms with E-state index in [0.29, 0.717) is 0 Å².